The van der Waals surface area contributed by atoms with Crippen molar-refractivity contribution in [2.75, 3.05) is 6.61 Å². The first-order valence-electron chi connectivity index (χ1n) is 11.3. The lowest BCUT2D eigenvalue weighted by Gasteiger charge is -2.44. The van der Waals surface area contributed by atoms with Crippen molar-refractivity contribution in [3.8, 4) is 0 Å². The van der Waals surface area contributed by atoms with Gasteiger partial charge in [0, 0.05) is 6.42 Å². The van der Waals surface area contributed by atoms with E-state index in [0.717, 1.165) is 0 Å². The molecule has 0 spiro atoms. The van der Waals surface area contributed by atoms with Crippen LogP contribution in [-0.4, -0.2) is 43.5 Å². The molecule has 0 N–H and O–H groups in total. The van der Waals surface area contributed by atoms with Crippen LogP contribution >= 0.6 is 0 Å². The predicted octanol–water partition coefficient (Wildman–Crippen LogP) is 4.49. The van der Waals surface area contributed by atoms with Gasteiger partial charge in [0.2, 0.25) is 5.91 Å². The summed E-state index contributed by atoms with van der Waals surface area (Å²) in [6.07, 6.45) is 0.320. The topological polar surface area (TPSA) is 55.8 Å². The number of imide groups is 1. The SMILES string of the molecule is CC(C)(C)OC(=O)N1C(=O)CC[C@@H]1CO[Si](c1ccccc1)(c1ccccc1)C(C)(C)C. The lowest BCUT2D eigenvalue weighted by Crippen LogP contribution is -2.67. The summed E-state index contributed by atoms with van der Waals surface area (Å²) in [6, 6.07) is 20.4. The van der Waals surface area contributed by atoms with Gasteiger partial charge >= 0.3 is 6.09 Å². The van der Waals surface area contributed by atoms with Gasteiger partial charge in [-0.1, -0.05) is 81.4 Å². The fourth-order valence-corrected chi connectivity index (χ4v) is 9.04. The first-order chi connectivity index (χ1) is 15.0. The number of carbonyl (C=O) groups excluding carboxylic acids is 2. The molecule has 2 aromatic carbocycles. The number of nitrogens with zero attached hydrogens (tertiary/aromatic N) is 1. The fraction of sp³-hybridized carbons (Fsp3) is 0.462. The van der Waals surface area contributed by atoms with Crippen LogP contribution in [0.2, 0.25) is 5.04 Å². The minimum Gasteiger partial charge on any atom is -0.443 e. The summed E-state index contributed by atoms with van der Waals surface area (Å²) in [5.41, 5.74) is -0.663. The normalized spacial score (nSPS) is 17.5. The average Bonchev–Trinajstić information content (AvgIpc) is 3.08. The molecule has 1 atom stereocenters. The van der Waals surface area contributed by atoms with E-state index in [1.807, 2.05) is 36.4 Å². The van der Waals surface area contributed by atoms with Crippen molar-refractivity contribution in [1.29, 1.82) is 0 Å². The molecule has 2 aromatic rings. The van der Waals surface area contributed by atoms with Crippen molar-refractivity contribution < 1.29 is 18.8 Å². The number of hydrogen-bond acceptors (Lipinski definition) is 4. The Balaban J connectivity index is 1.97. The van der Waals surface area contributed by atoms with Gasteiger partial charge in [-0.15, -0.1) is 0 Å². The highest BCUT2D eigenvalue weighted by molar-refractivity contribution is 6.99. The lowest BCUT2D eigenvalue weighted by molar-refractivity contribution is -0.128. The van der Waals surface area contributed by atoms with Crippen molar-refractivity contribution >= 4 is 30.7 Å². The van der Waals surface area contributed by atoms with Crippen LogP contribution in [0.25, 0.3) is 0 Å². The molecule has 1 fully saturated rings. The summed E-state index contributed by atoms with van der Waals surface area (Å²) < 4.78 is 12.5. The van der Waals surface area contributed by atoms with Gasteiger partial charge in [0.25, 0.3) is 8.32 Å². The summed E-state index contributed by atoms with van der Waals surface area (Å²) in [7, 11) is -2.74. The first kappa shape index (κ1) is 24.2. The van der Waals surface area contributed by atoms with Crippen LogP contribution in [0.5, 0.6) is 0 Å². The summed E-state index contributed by atoms with van der Waals surface area (Å²) in [4.78, 5) is 26.6. The molecule has 0 saturated carbocycles. The van der Waals surface area contributed by atoms with Gasteiger partial charge in [0.15, 0.2) is 0 Å². The molecule has 5 nitrogen and oxygen atoms in total. The lowest BCUT2D eigenvalue weighted by atomic mass is 10.2. The minimum atomic E-state index is -2.74. The Morgan fingerprint density at radius 1 is 0.938 bits per heavy atom. The molecule has 1 aliphatic heterocycles. The van der Waals surface area contributed by atoms with E-state index in [1.54, 1.807) is 20.8 Å². The molecule has 0 bridgehead atoms. The zero-order valence-electron chi connectivity index (χ0n) is 20.1. The van der Waals surface area contributed by atoms with Crippen molar-refractivity contribution in [3.63, 3.8) is 0 Å². The third-order valence-corrected chi connectivity index (χ3v) is 10.8. The molecule has 1 heterocycles. The standard InChI is InChI=1S/C26H35NO4Si/c1-25(2,3)31-24(29)27-20(17-18-23(27)28)19-30-32(26(4,5)6,21-13-9-7-10-14-21)22-15-11-8-12-16-22/h7-16,20H,17-19H2,1-6H3/t20-/m1/s1. The molecule has 2 amide bonds. The molecule has 172 valence electrons. The molecule has 0 aromatic heterocycles. The van der Waals surface area contributed by atoms with Crippen LogP contribution in [0.1, 0.15) is 54.4 Å². The number of amides is 2. The van der Waals surface area contributed by atoms with Crippen LogP contribution in [0.4, 0.5) is 4.79 Å². The van der Waals surface area contributed by atoms with Crippen LogP contribution in [0, 0.1) is 0 Å². The predicted molar refractivity (Wildman–Crippen MR) is 130 cm³/mol. The number of rotatable bonds is 5. The third kappa shape index (κ3) is 4.97. The van der Waals surface area contributed by atoms with Gasteiger partial charge in [-0.25, -0.2) is 9.69 Å². The molecular weight excluding hydrogens is 418 g/mol. The smallest absolute Gasteiger partial charge is 0.417 e. The van der Waals surface area contributed by atoms with Gasteiger partial charge < -0.3 is 9.16 Å². The number of ether oxygens (including phenoxy) is 1. The van der Waals surface area contributed by atoms with E-state index in [-0.39, 0.29) is 23.6 Å². The van der Waals surface area contributed by atoms with Crippen LogP contribution in [-0.2, 0) is 14.0 Å². The number of likely N-dealkylation sites (tertiary alicyclic amines) is 1. The summed E-state index contributed by atoms with van der Waals surface area (Å²) >= 11 is 0. The first-order valence-corrected chi connectivity index (χ1v) is 13.2. The highest BCUT2D eigenvalue weighted by Gasteiger charge is 2.51. The minimum absolute atomic E-state index is 0.172. The Labute approximate surface area is 192 Å². The van der Waals surface area contributed by atoms with Gasteiger partial charge in [0.05, 0.1) is 12.6 Å². The van der Waals surface area contributed by atoms with E-state index >= 15 is 0 Å². The van der Waals surface area contributed by atoms with E-state index in [2.05, 4.69) is 45.0 Å². The Morgan fingerprint density at radius 3 is 1.88 bits per heavy atom. The molecule has 32 heavy (non-hydrogen) atoms. The number of benzene rings is 2. The molecular formula is C26H35NO4Si. The van der Waals surface area contributed by atoms with Gasteiger partial charge in [-0.2, -0.15) is 0 Å². The van der Waals surface area contributed by atoms with E-state index in [9.17, 15) is 9.59 Å². The van der Waals surface area contributed by atoms with Gasteiger partial charge in [-0.05, 0) is 42.6 Å². The average molecular weight is 454 g/mol. The fourth-order valence-electron chi connectivity index (χ4n) is 4.45. The second kappa shape index (κ2) is 9.20. The Bertz CT molecular complexity index is 892. The van der Waals surface area contributed by atoms with Crippen molar-refractivity contribution in [2.24, 2.45) is 0 Å². The Kier molecular flexibility index (Phi) is 6.96. The maximum absolute atomic E-state index is 12.8. The van der Waals surface area contributed by atoms with Crippen LogP contribution in [0.3, 0.4) is 0 Å². The highest BCUT2D eigenvalue weighted by atomic mass is 28.4. The summed E-state index contributed by atoms with van der Waals surface area (Å²) in [5.74, 6) is -0.199. The highest BCUT2D eigenvalue weighted by Crippen LogP contribution is 2.37. The molecule has 1 aliphatic rings. The molecule has 3 rings (SSSR count). The second-order valence-electron chi connectivity index (χ2n) is 10.4. The molecule has 1 saturated heterocycles. The van der Waals surface area contributed by atoms with Gasteiger partial charge in [0.1, 0.15) is 5.60 Å². The van der Waals surface area contributed by atoms with Crippen molar-refractivity contribution in [1.82, 2.24) is 4.90 Å². The Hall–Kier alpha value is -2.44. The van der Waals surface area contributed by atoms with Gasteiger partial charge in [-0.3, -0.25) is 4.79 Å². The monoisotopic (exact) mass is 453 g/mol. The van der Waals surface area contributed by atoms with Crippen molar-refractivity contribution in [3.05, 3.63) is 60.7 Å². The summed E-state index contributed by atoms with van der Waals surface area (Å²) in [5, 5.41) is 2.17. The van der Waals surface area contributed by atoms with E-state index in [1.165, 1.54) is 15.3 Å². The zero-order valence-corrected chi connectivity index (χ0v) is 21.1. The number of carbonyl (C=O) groups is 2. The van der Waals surface area contributed by atoms with Crippen LogP contribution in [0.15, 0.2) is 60.7 Å². The molecule has 0 aliphatic carbocycles. The third-order valence-electron chi connectivity index (χ3n) is 5.82. The van der Waals surface area contributed by atoms with E-state index in [4.69, 9.17) is 9.16 Å². The van der Waals surface area contributed by atoms with Crippen LogP contribution < -0.4 is 10.4 Å². The Morgan fingerprint density at radius 2 is 1.44 bits per heavy atom. The largest absolute Gasteiger partial charge is 0.443 e. The summed E-state index contributed by atoms with van der Waals surface area (Å²) in [6.45, 7) is 12.3. The molecule has 6 heteroatoms. The molecule has 0 unspecified atom stereocenters. The maximum atomic E-state index is 12.8. The number of hydrogen-bond donors (Lipinski definition) is 0. The second-order valence-corrected chi connectivity index (χ2v) is 14.7. The van der Waals surface area contributed by atoms with E-state index in [0.29, 0.717) is 12.8 Å². The maximum Gasteiger partial charge on any atom is 0.417 e. The zero-order chi connectivity index (χ0) is 23.6. The molecule has 0 radical (unpaired) electrons. The van der Waals surface area contributed by atoms with E-state index < -0.39 is 20.0 Å². The quantitative estimate of drug-likeness (QED) is 0.626. The van der Waals surface area contributed by atoms with Crippen molar-refractivity contribution in [2.45, 2.75) is 71.1 Å².